The van der Waals surface area contributed by atoms with Crippen LogP contribution in [0, 0.1) is 0 Å². The highest BCUT2D eigenvalue weighted by Crippen LogP contribution is 2.28. The van der Waals surface area contributed by atoms with Gasteiger partial charge in [0.05, 0.1) is 30.5 Å². The Morgan fingerprint density at radius 2 is 1.64 bits per heavy atom. The van der Waals surface area contributed by atoms with Crippen LogP contribution in [0.1, 0.15) is 5.56 Å². The van der Waals surface area contributed by atoms with Crippen LogP contribution in [-0.4, -0.2) is 25.4 Å². The Labute approximate surface area is 142 Å². The summed E-state index contributed by atoms with van der Waals surface area (Å²) in [7, 11) is 3.15. The van der Waals surface area contributed by atoms with E-state index in [2.05, 4.69) is 15.5 Å². The Bertz CT molecular complexity index is 686. The van der Waals surface area contributed by atoms with Crippen molar-refractivity contribution >= 4 is 46.8 Å². The van der Waals surface area contributed by atoms with E-state index in [0.29, 0.717) is 22.3 Å². The molecule has 0 amide bonds. The van der Waals surface area contributed by atoms with Crippen LogP contribution in [0.15, 0.2) is 29.4 Å². The number of pyridine rings is 1. The van der Waals surface area contributed by atoms with Crippen LogP contribution in [0.4, 0.5) is 5.82 Å². The average Bonchev–Trinajstić information content (AvgIpc) is 2.51. The second-order valence-corrected chi connectivity index (χ2v) is 5.28. The first-order valence-electron chi connectivity index (χ1n) is 6.07. The summed E-state index contributed by atoms with van der Waals surface area (Å²) < 4.78 is 10.4. The molecule has 1 heterocycles. The normalized spacial score (nSPS) is 10.8. The minimum absolute atomic E-state index is 0.145. The van der Waals surface area contributed by atoms with E-state index in [1.807, 2.05) is 0 Å². The standard InChI is InChI=1S/C14H12Cl3N3O2/c1-21-9-3-8(4-10(5-9)22-2)7-18-20-14-12(16)6-11(15)13(17)19-14/h3-7H,1-2H3,(H,19,20). The molecular weight excluding hydrogens is 349 g/mol. The molecule has 116 valence electrons. The molecule has 22 heavy (non-hydrogen) atoms. The van der Waals surface area contributed by atoms with E-state index in [0.717, 1.165) is 5.56 Å². The maximum absolute atomic E-state index is 6.00. The number of anilines is 1. The number of halogens is 3. The van der Waals surface area contributed by atoms with Gasteiger partial charge in [-0.1, -0.05) is 34.8 Å². The van der Waals surface area contributed by atoms with E-state index in [1.54, 1.807) is 38.6 Å². The highest BCUT2D eigenvalue weighted by atomic mass is 35.5. The van der Waals surface area contributed by atoms with Crippen molar-refractivity contribution in [2.45, 2.75) is 0 Å². The zero-order valence-corrected chi connectivity index (χ0v) is 14.0. The number of methoxy groups -OCH3 is 2. The highest BCUT2D eigenvalue weighted by molar-refractivity contribution is 6.42. The Balaban J connectivity index is 2.17. The molecule has 0 aliphatic carbocycles. The number of benzene rings is 1. The molecule has 8 heteroatoms. The third kappa shape index (κ3) is 4.16. The van der Waals surface area contributed by atoms with E-state index in [-0.39, 0.29) is 10.2 Å². The Morgan fingerprint density at radius 3 is 2.23 bits per heavy atom. The summed E-state index contributed by atoms with van der Waals surface area (Å²) in [4.78, 5) is 4.00. The van der Waals surface area contributed by atoms with Crippen LogP contribution < -0.4 is 14.9 Å². The van der Waals surface area contributed by atoms with Crippen molar-refractivity contribution in [2.24, 2.45) is 5.10 Å². The minimum Gasteiger partial charge on any atom is -0.497 e. The lowest BCUT2D eigenvalue weighted by Crippen LogP contribution is -1.96. The molecular formula is C14H12Cl3N3O2. The van der Waals surface area contributed by atoms with Crippen molar-refractivity contribution < 1.29 is 9.47 Å². The number of nitrogens with zero attached hydrogens (tertiary/aromatic N) is 2. The van der Waals surface area contributed by atoms with Crippen LogP contribution >= 0.6 is 34.8 Å². The van der Waals surface area contributed by atoms with Crippen LogP contribution in [0.25, 0.3) is 0 Å². The fourth-order valence-corrected chi connectivity index (χ4v) is 2.13. The SMILES string of the molecule is COc1cc(C=NNc2nc(Cl)c(Cl)cc2Cl)cc(OC)c1. The molecule has 5 nitrogen and oxygen atoms in total. The Kier molecular flexibility index (Phi) is 5.71. The third-order valence-electron chi connectivity index (χ3n) is 2.64. The summed E-state index contributed by atoms with van der Waals surface area (Å²) in [5.74, 6) is 1.63. The second kappa shape index (κ2) is 7.54. The predicted molar refractivity (Wildman–Crippen MR) is 90.0 cm³/mol. The zero-order valence-electron chi connectivity index (χ0n) is 11.7. The first-order chi connectivity index (χ1) is 10.5. The lowest BCUT2D eigenvalue weighted by Gasteiger charge is -2.06. The number of rotatable bonds is 5. The van der Waals surface area contributed by atoms with E-state index < -0.39 is 0 Å². The van der Waals surface area contributed by atoms with Crippen LogP contribution in [0.2, 0.25) is 15.2 Å². The lowest BCUT2D eigenvalue weighted by molar-refractivity contribution is 0.394. The molecule has 1 aromatic heterocycles. The lowest BCUT2D eigenvalue weighted by atomic mass is 10.2. The molecule has 0 radical (unpaired) electrons. The van der Waals surface area contributed by atoms with Crippen LogP contribution in [-0.2, 0) is 0 Å². The van der Waals surface area contributed by atoms with E-state index in [9.17, 15) is 0 Å². The largest absolute Gasteiger partial charge is 0.497 e. The van der Waals surface area contributed by atoms with Gasteiger partial charge in [-0.05, 0) is 18.2 Å². The number of ether oxygens (including phenoxy) is 2. The van der Waals surface area contributed by atoms with Gasteiger partial charge in [0.25, 0.3) is 0 Å². The van der Waals surface area contributed by atoms with E-state index >= 15 is 0 Å². The van der Waals surface area contributed by atoms with Gasteiger partial charge >= 0.3 is 0 Å². The van der Waals surface area contributed by atoms with Gasteiger partial charge in [0.15, 0.2) is 5.82 Å². The molecule has 0 saturated heterocycles. The smallest absolute Gasteiger partial charge is 0.166 e. The van der Waals surface area contributed by atoms with Crippen molar-refractivity contribution in [3.63, 3.8) is 0 Å². The Hall–Kier alpha value is -1.69. The van der Waals surface area contributed by atoms with Crippen molar-refractivity contribution in [3.05, 3.63) is 45.0 Å². The summed E-state index contributed by atoms with van der Waals surface area (Å²) in [6.45, 7) is 0. The first kappa shape index (κ1) is 16.7. The van der Waals surface area contributed by atoms with Gasteiger partial charge in [-0.3, -0.25) is 5.43 Å². The Morgan fingerprint density at radius 1 is 1.00 bits per heavy atom. The maximum atomic E-state index is 6.00. The van der Waals surface area contributed by atoms with Gasteiger partial charge in [-0.15, -0.1) is 0 Å². The van der Waals surface area contributed by atoms with Gasteiger partial charge in [0, 0.05) is 11.6 Å². The molecule has 0 spiro atoms. The molecule has 0 saturated carbocycles. The average molecular weight is 361 g/mol. The molecule has 0 aliphatic heterocycles. The van der Waals surface area contributed by atoms with Crippen molar-refractivity contribution in [3.8, 4) is 11.5 Å². The molecule has 1 N–H and O–H groups in total. The van der Waals surface area contributed by atoms with Crippen LogP contribution in [0.5, 0.6) is 11.5 Å². The van der Waals surface area contributed by atoms with Crippen molar-refractivity contribution in [2.75, 3.05) is 19.6 Å². The minimum atomic E-state index is 0.145. The topological polar surface area (TPSA) is 55.7 Å². The predicted octanol–water partition coefficient (Wildman–Crippen LogP) is 4.51. The monoisotopic (exact) mass is 359 g/mol. The van der Waals surface area contributed by atoms with Crippen molar-refractivity contribution in [1.29, 1.82) is 0 Å². The third-order valence-corrected chi connectivity index (χ3v) is 3.61. The molecule has 2 aromatic rings. The molecule has 0 aliphatic rings. The molecule has 0 unspecified atom stereocenters. The molecule has 1 aromatic carbocycles. The maximum Gasteiger partial charge on any atom is 0.166 e. The van der Waals surface area contributed by atoms with E-state index in [1.165, 1.54) is 6.07 Å². The van der Waals surface area contributed by atoms with Gasteiger partial charge in [0.2, 0.25) is 0 Å². The van der Waals surface area contributed by atoms with Gasteiger partial charge < -0.3 is 9.47 Å². The number of aromatic nitrogens is 1. The molecule has 0 bridgehead atoms. The van der Waals surface area contributed by atoms with E-state index in [4.69, 9.17) is 44.3 Å². The summed E-state index contributed by atoms with van der Waals surface area (Å²) in [5, 5.41) is 4.80. The van der Waals surface area contributed by atoms with Crippen LogP contribution in [0.3, 0.4) is 0 Å². The van der Waals surface area contributed by atoms with Gasteiger partial charge in [-0.25, -0.2) is 4.98 Å². The molecule has 0 fully saturated rings. The summed E-state index contributed by atoms with van der Waals surface area (Å²) in [6, 6.07) is 6.86. The van der Waals surface area contributed by atoms with Crippen molar-refractivity contribution in [1.82, 2.24) is 4.98 Å². The number of hydrogen-bond donors (Lipinski definition) is 1. The summed E-state index contributed by atoms with van der Waals surface area (Å²) >= 11 is 17.6. The summed E-state index contributed by atoms with van der Waals surface area (Å²) in [5.41, 5.74) is 3.48. The number of nitrogens with one attached hydrogen (secondary N) is 1. The fraction of sp³-hybridized carbons (Fsp3) is 0.143. The molecule has 0 atom stereocenters. The fourth-order valence-electron chi connectivity index (χ4n) is 1.59. The first-order valence-corrected chi connectivity index (χ1v) is 7.20. The second-order valence-electron chi connectivity index (χ2n) is 4.11. The van der Waals surface area contributed by atoms with Gasteiger partial charge in [0.1, 0.15) is 16.7 Å². The van der Waals surface area contributed by atoms with Gasteiger partial charge in [-0.2, -0.15) is 5.10 Å². The highest BCUT2D eigenvalue weighted by Gasteiger charge is 2.06. The zero-order chi connectivity index (χ0) is 16.1. The quantitative estimate of drug-likeness (QED) is 0.484. The number of hydrogen-bond acceptors (Lipinski definition) is 5. The number of hydrazone groups is 1. The summed E-state index contributed by atoms with van der Waals surface area (Å²) in [6.07, 6.45) is 1.57. The molecule has 2 rings (SSSR count).